The van der Waals surface area contributed by atoms with Gasteiger partial charge in [-0.15, -0.1) is 0 Å². The maximum absolute atomic E-state index is 13.1. The van der Waals surface area contributed by atoms with Crippen molar-refractivity contribution in [2.24, 2.45) is 0 Å². The molecular formula is C14H13BrFNO. The summed E-state index contributed by atoms with van der Waals surface area (Å²) in [6.45, 7) is 0.835. The molecule has 0 atom stereocenters. The molecule has 2 aromatic carbocycles. The van der Waals surface area contributed by atoms with Crippen molar-refractivity contribution in [2.75, 3.05) is 5.73 Å². The normalized spacial score (nSPS) is 10.6. The first-order chi connectivity index (χ1) is 8.63. The van der Waals surface area contributed by atoms with E-state index >= 15 is 0 Å². The van der Waals surface area contributed by atoms with E-state index in [0.717, 1.165) is 15.6 Å². The van der Waals surface area contributed by atoms with Crippen molar-refractivity contribution >= 4 is 21.6 Å². The van der Waals surface area contributed by atoms with Gasteiger partial charge in [-0.1, -0.05) is 28.1 Å². The third-order valence-corrected chi connectivity index (χ3v) is 2.96. The van der Waals surface area contributed by atoms with Crippen molar-refractivity contribution in [1.29, 1.82) is 0 Å². The van der Waals surface area contributed by atoms with Gasteiger partial charge in [0.2, 0.25) is 0 Å². The lowest BCUT2D eigenvalue weighted by molar-refractivity contribution is 0.107. The average Bonchev–Trinajstić information content (AvgIpc) is 2.30. The van der Waals surface area contributed by atoms with Gasteiger partial charge in [0.1, 0.15) is 5.82 Å². The molecule has 94 valence electrons. The molecule has 0 aliphatic heterocycles. The van der Waals surface area contributed by atoms with Crippen molar-refractivity contribution in [3.8, 4) is 0 Å². The highest BCUT2D eigenvalue weighted by atomic mass is 79.9. The molecule has 0 aliphatic carbocycles. The van der Waals surface area contributed by atoms with Gasteiger partial charge in [-0.25, -0.2) is 4.39 Å². The van der Waals surface area contributed by atoms with E-state index in [1.165, 1.54) is 12.1 Å². The summed E-state index contributed by atoms with van der Waals surface area (Å²) < 4.78 is 19.6. The van der Waals surface area contributed by atoms with E-state index < -0.39 is 0 Å². The molecule has 18 heavy (non-hydrogen) atoms. The number of ether oxygens (including phenoxy) is 1. The van der Waals surface area contributed by atoms with Crippen LogP contribution in [0.1, 0.15) is 11.1 Å². The molecule has 2 rings (SSSR count). The van der Waals surface area contributed by atoms with E-state index in [0.29, 0.717) is 18.9 Å². The molecule has 4 heteroatoms. The minimum absolute atomic E-state index is 0.336. The molecule has 2 N–H and O–H groups in total. The van der Waals surface area contributed by atoms with Crippen LogP contribution < -0.4 is 5.73 Å². The van der Waals surface area contributed by atoms with Crippen LogP contribution in [0.2, 0.25) is 0 Å². The Kier molecular flexibility index (Phi) is 4.33. The second kappa shape index (κ2) is 5.98. The minimum Gasteiger partial charge on any atom is -0.399 e. The Morgan fingerprint density at radius 1 is 1.00 bits per heavy atom. The van der Waals surface area contributed by atoms with Crippen LogP contribution in [0, 0.1) is 5.82 Å². The van der Waals surface area contributed by atoms with Crippen LogP contribution >= 0.6 is 15.9 Å². The molecule has 0 unspecified atom stereocenters. The van der Waals surface area contributed by atoms with Crippen molar-refractivity contribution < 1.29 is 9.13 Å². The summed E-state index contributed by atoms with van der Waals surface area (Å²) in [7, 11) is 0. The summed E-state index contributed by atoms with van der Waals surface area (Å²) in [5.41, 5.74) is 7.78. The number of halogens is 2. The average molecular weight is 310 g/mol. The van der Waals surface area contributed by atoms with E-state index in [-0.39, 0.29) is 5.82 Å². The van der Waals surface area contributed by atoms with Gasteiger partial charge in [-0.2, -0.15) is 0 Å². The van der Waals surface area contributed by atoms with Gasteiger partial charge in [-0.3, -0.25) is 0 Å². The Morgan fingerprint density at radius 2 is 1.67 bits per heavy atom. The second-order valence-corrected chi connectivity index (χ2v) is 4.93. The number of rotatable bonds is 4. The predicted molar refractivity (Wildman–Crippen MR) is 73.4 cm³/mol. The highest BCUT2D eigenvalue weighted by molar-refractivity contribution is 9.10. The molecule has 2 aromatic rings. The lowest BCUT2D eigenvalue weighted by atomic mass is 10.2. The van der Waals surface area contributed by atoms with Crippen molar-refractivity contribution in [3.63, 3.8) is 0 Å². The number of nitrogens with two attached hydrogens (primary N) is 1. The van der Waals surface area contributed by atoms with Gasteiger partial charge >= 0.3 is 0 Å². The summed E-state index contributed by atoms with van der Waals surface area (Å²) in [6, 6.07) is 12.3. The van der Waals surface area contributed by atoms with E-state index in [9.17, 15) is 4.39 Å². The third kappa shape index (κ3) is 3.82. The van der Waals surface area contributed by atoms with Crippen molar-refractivity contribution in [1.82, 2.24) is 0 Å². The van der Waals surface area contributed by atoms with Crippen LogP contribution in [0.5, 0.6) is 0 Å². The van der Waals surface area contributed by atoms with E-state index in [2.05, 4.69) is 15.9 Å². The zero-order chi connectivity index (χ0) is 13.0. The topological polar surface area (TPSA) is 35.2 Å². The molecule has 0 amide bonds. The SMILES string of the molecule is Nc1cc(F)cc(COCc2ccc(Br)cc2)c1. The Bertz CT molecular complexity index is 508. The zero-order valence-electron chi connectivity index (χ0n) is 9.70. The van der Waals surface area contributed by atoms with Crippen molar-refractivity contribution in [3.05, 3.63) is 63.9 Å². The van der Waals surface area contributed by atoms with Crippen LogP contribution in [0.3, 0.4) is 0 Å². The molecule has 2 nitrogen and oxygen atoms in total. The fourth-order valence-corrected chi connectivity index (χ4v) is 1.89. The molecule has 0 fully saturated rings. The standard InChI is InChI=1S/C14H13BrFNO/c15-12-3-1-10(2-4-12)8-18-9-11-5-13(16)7-14(17)6-11/h1-7H,8-9,17H2. The van der Waals surface area contributed by atoms with Crippen LogP contribution in [0.4, 0.5) is 10.1 Å². The first-order valence-corrected chi connectivity index (χ1v) is 6.30. The van der Waals surface area contributed by atoms with Gasteiger partial charge in [0.05, 0.1) is 13.2 Å². The lowest BCUT2D eigenvalue weighted by Gasteiger charge is -2.06. The van der Waals surface area contributed by atoms with E-state index in [1.807, 2.05) is 24.3 Å². The number of benzene rings is 2. The molecule has 0 spiro atoms. The summed E-state index contributed by atoms with van der Waals surface area (Å²) >= 11 is 3.37. The lowest BCUT2D eigenvalue weighted by Crippen LogP contribution is -1.96. The summed E-state index contributed by atoms with van der Waals surface area (Å²) in [6.07, 6.45) is 0. The summed E-state index contributed by atoms with van der Waals surface area (Å²) in [5.74, 6) is -0.336. The smallest absolute Gasteiger partial charge is 0.125 e. The molecule has 0 bridgehead atoms. The highest BCUT2D eigenvalue weighted by Gasteiger charge is 1.99. The Labute approximate surface area is 114 Å². The van der Waals surface area contributed by atoms with Gasteiger partial charge < -0.3 is 10.5 Å². The van der Waals surface area contributed by atoms with E-state index in [4.69, 9.17) is 10.5 Å². The summed E-state index contributed by atoms with van der Waals surface area (Å²) in [4.78, 5) is 0. The number of anilines is 1. The molecule has 0 aromatic heterocycles. The maximum atomic E-state index is 13.1. The second-order valence-electron chi connectivity index (χ2n) is 4.01. The van der Waals surface area contributed by atoms with Crippen LogP contribution in [-0.4, -0.2) is 0 Å². The number of hydrogen-bond acceptors (Lipinski definition) is 2. The third-order valence-electron chi connectivity index (χ3n) is 2.43. The largest absolute Gasteiger partial charge is 0.399 e. The van der Waals surface area contributed by atoms with Crippen LogP contribution in [0.25, 0.3) is 0 Å². The summed E-state index contributed by atoms with van der Waals surface area (Å²) in [5, 5.41) is 0. The highest BCUT2D eigenvalue weighted by Crippen LogP contribution is 2.14. The van der Waals surface area contributed by atoms with Gasteiger partial charge in [0.25, 0.3) is 0 Å². The molecule has 0 aliphatic rings. The predicted octanol–water partition coefficient (Wildman–Crippen LogP) is 3.89. The first-order valence-electron chi connectivity index (χ1n) is 5.50. The van der Waals surface area contributed by atoms with Crippen molar-refractivity contribution in [2.45, 2.75) is 13.2 Å². The molecule has 0 heterocycles. The van der Waals surface area contributed by atoms with Crippen LogP contribution in [-0.2, 0) is 18.0 Å². The monoisotopic (exact) mass is 309 g/mol. The fourth-order valence-electron chi connectivity index (χ4n) is 1.63. The molecule has 0 saturated carbocycles. The molecular weight excluding hydrogens is 297 g/mol. The van der Waals surface area contributed by atoms with Gasteiger partial charge in [0.15, 0.2) is 0 Å². The first kappa shape index (κ1) is 13.1. The molecule has 0 radical (unpaired) electrons. The fraction of sp³-hybridized carbons (Fsp3) is 0.143. The number of hydrogen-bond donors (Lipinski definition) is 1. The quantitative estimate of drug-likeness (QED) is 0.870. The maximum Gasteiger partial charge on any atom is 0.125 e. The van der Waals surface area contributed by atoms with Gasteiger partial charge in [-0.05, 0) is 41.5 Å². The zero-order valence-corrected chi connectivity index (χ0v) is 11.3. The Balaban J connectivity index is 1.90. The number of nitrogen functional groups attached to an aromatic ring is 1. The minimum atomic E-state index is -0.336. The molecule has 0 saturated heterocycles. The van der Waals surface area contributed by atoms with Gasteiger partial charge in [0, 0.05) is 10.2 Å². The Hall–Kier alpha value is -1.39. The van der Waals surface area contributed by atoms with E-state index in [1.54, 1.807) is 6.07 Å². The Morgan fingerprint density at radius 3 is 2.33 bits per heavy atom. The van der Waals surface area contributed by atoms with Crippen LogP contribution in [0.15, 0.2) is 46.9 Å².